The van der Waals surface area contributed by atoms with Gasteiger partial charge in [-0.2, -0.15) is 10.4 Å². The Morgan fingerprint density at radius 2 is 1.95 bits per heavy atom. The molecule has 2 aromatic rings. The second-order valence-electron chi connectivity index (χ2n) is 4.54. The van der Waals surface area contributed by atoms with E-state index in [1.54, 1.807) is 33.8 Å². The molecular weight excluding hydrogens is 258 g/mol. The van der Waals surface area contributed by atoms with Crippen LogP contribution in [0.5, 0.6) is 0 Å². The minimum atomic E-state index is -0.457. The summed E-state index contributed by atoms with van der Waals surface area (Å²) in [5.41, 5.74) is 2.89. The zero-order valence-electron chi connectivity index (χ0n) is 11.6. The monoisotopic (exact) mass is 271 g/mol. The molecule has 2 rings (SSSR count). The van der Waals surface area contributed by atoms with E-state index in [1.165, 1.54) is 4.68 Å². The molecule has 0 saturated heterocycles. The van der Waals surface area contributed by atoms with Crippen LogP contribution < -0.4 is 0 Å². The van der Waals surface area contributed by atoms with Crippen molar-refractivity contribution in [1.29, 1.82) is 5.26 Å². The Labute approximate surface area is 115 Å². The van der Waals surface area contributed by atoms with Crippen LogP contribution >= 0.6 is 0 Å². The summed E-state index contributed by atoms with van der Waals surface area (Å²) in [6.07, 6.45) is 0. The Balaban J connectivity index is 2.80. The second-order valence-corrected chi connectivity index (χ2v) is 4.54. The van der Waals surface area contributed by atoms with Crippen molar-refractivity contribution in [3.05, 3.63) is 44.5 Å². The Bertz CT molecular complexity index is 755. The fraction of sp³-hybridized carbons (Fsp3) is 0.308. The van der Waals surface area contributed by atoms with Crippen LogP contribution in [0.15, 0.2) is 6.07 Å². The van der Waals surface area contributed by atoms with Crippen LogP contribution in [0.25, 0.3) is 5.69 Å². The Kier molecular flexibility index (Phi) is 3.24. The highest BCUT2D eigenvalue weighted by Crippen LogP contribution is 2.27. The van der Waals surface area contributed by atoms with Gasteiger partial charge in [0.2, 0.25) is 0 Å². The zero-order valence-corrected chi connectivity index (χ0v) is 11.6. The molecule has 0 N–H and O–H groups in total. The lowest BCUT2D eigenvalue weighted by molar-refractivity contribution is -0.386. The first-order valence-electron chi connectivity index (χ1n) is 5.96. The maximum atomic E-state index is 11.1. The third-order valence-corrected chi connectivity index (χ3v) is 3.08. The summed E-state index contributed by atoms with van der Waals surface area (Å²) in [6.45, 7) is 6.73. The van der Waals surface area contributed by atoms with Crippen molar-refractivity contribution in [3.8, 4) is 11.8 Å². The number of pyridine rings is 1. The summed E-state index contributed by atoms with van der Waals surface area (Å²) >= 11 is 0. The van der Waals surface area contributed by atoms with Gasteiger partial charge in [-0.3, -0.25) is 15.1 Å². The summed E-state index contributed by atoms with van der Waals surface area (Å²) < 4.78 is 1.44. The Morgan fingerprint density at radius 3 is 2.45 bits per heavy atom. The third-order valence-electron chi connectivity index (χ3n) is 3.08. The van der Waals surface area contributed by atoms with Gasteiger partial charge in [-0.05, 0) is 33.8 Å². The number of nitrogens with zero attached hydrogens (tertiary/aromatic N) is 5. The van der Waals surface area contributed by atoms with Gasteiger partial charge >= 0.3 is 5.69 Å². The first kappa shape index (κ1) is 13.7. The Morgan fingerprint density at radius 1 is 1.30 bits per heavy atom. The van der Waals surface area contributed by atoms with E-state index < -0.39 is 4.92 Å². The topological polar surface area (TPSA) is 97.6 Å². The van der Waals surface area contributed by atoms with E-state index >= 15 is 0 Å². The first-order chi connectivity index (χ1) is 9.36. The SMILES string of the molecule is Cc1cc(-n2nc(C)c([N+](=O)[O-])c2C)c(C#N)c(C)n1. The van der Waals surface area contributed by atoms with Gasteiger partial charge in [0.25, 0.3) is 0 Å². The molecule has 0 aliphatic rings. The molecule has 7 nitrogen and oxygen atoms in total. The fourth-order valence-electron chi connectivity index (χ4n) is 2.25. The lowest BCUT2D eigenvalue weighted by Crippen LogP contribution is -2.06. The molecule has 0 radical (unpaired) electrons. The van der Waals surface area contributed by atoms with Crippen LogP contribution in [0.2, 0.25) is 0 Å². The number of aromatic nitrogens is 3. The number of hydrogen-bond acceptors (Lipinski definition) is 5. The maximum Gasteiger partial charge on any atom is 0.313 e. The predicted octanol–water partition coefficient (Wildman–Crippen LogP) is 2.28. The average Bonchev–Trinajstić information content (AvgIpc) is 2.63. The van der Waals surface area contributed by atoms with Gasteiger partial charge in [0.05, 0.1) is 21.9 Å². The van der Waals surface area contributed by atoms with Gasteiger partial charge in [0.1, 0.15) is 17.5 Å². The molecule has 0 atom stereocenters. The van der Waals surface area contributed by atoms with Crippen molar-refractivity contribution in [2.75, 3.05) is 0 Å². The number of hydrogen-bond donors (Lipinski definition) is 0. The molecule has 0 fully saturated rings. The highest BCUT2D eigenvalue weighted by atomic mass is 16.6. The molecule has 0 bridgehead atoms. The van der Waals surface area contributed by atoms with E-state index in [4.69, 9.17) is 0 Å². The molecule has 0 unspecified atom stereocenters. The predicted molar refractivity (Wildman–Crippen MR) is 71.7 cm³/mol. The number of nitriles is 1. The van der Waals surface area contributed by atoms with E-state index in [1.807, 2.05) is 0 Å². The Hall–Kier alpha value is -2.75. The van der Waals surface area contributed by atoms with Gasteiger partial charge in [-0.15, -0.1) is 0 Å². The molecule has 0 aromatic carbocycles. The van der Waals surface area contributed by atoms with Crippen LogP contribution in [-0.2, 0) is 0 Å². The van der Waals surface area contributed by atoms with E-state index in [-0.39, 0.29) is 5.69 Å². The van der Waals surface area contributed by atoms with Crippen molar-refractivity contribution in [1.82, 2.24) is 14.8 Å². The highest BCUT2D eigenvalue weighted by Gasteiger charge is 2.24. The summed E-state index contributed by atoms with van der Waals surface area (Å²) in [7, 11) is 0. The van der Waals surface area contributed by atoms with Crippen LogP contribution in [0.4, 0.5) is 5.69 Å². The molecule has 0 saturated carbocycles. The van der Waals surface area contributed by atoms with Gasteiger partial charge in [-0.25, -0.2) is 4.68 Å². The van der Waals surface area contributed by atoms with E-state index in [0.717, 1.165) is 5.69 Å². The number of aryl methyl sites for hydroxylation is 3. The number of rotatable bonds is 2. The van der Waals surface area contributed by atoms with Crippen LogP contribution in [0.3, 0.4) is 0 Å². The largest absolute Gasteiger partial charge is 0.313 e. The molecule has 0 amide bonds. The maximum absolute atomic E-state index is 11.1. The molecule has 2 heterocycles. The minimum absolute atomic E-state index is 0.0268. The quantitative estimate of drug-likeness (QED) is 0.616. The molecule has 2 aromatic heterocycles. The van der Waals surface area contributed by atoms with Crippen molar-refractivity contribution >= 4 is 5.69 Å². The van der Waals surface area contributed by atoms with Crippen molar-refractivity contribution in [2.45, 2.75) is 27.7 Å². The summed E-state index contributed by atoms with van der Waals surface area (Å²) in [5.74, 6) is 0. The lowest BCUT2D eigenvalue weighted by atomic mass is 10.1. The summed E-state index contributed by atoms with van der Waals surface area (Å²) in [6, 6.07) is 3.78. The first-order valence-corrected chi connectivity index (χ1v) is 5.96. The molecule has 20 heavy (non-hydrogen) atoms. The molecule has 7 heteroatoms. The zero-order chi connectivity index (χ0) is 15.0. The highest BCUT2D eigenvalue weighted by molar-refractivity contribution is 5.54. The average molecular weight is 271 g/mol. The van der Waals surface area contributed by atoms with Crippen LogP contribution in [0.1, 0.15) is 28.3 Å². The van der Waals surface area contributed by atoms with Crippen LogP contribution in [0, 0.1) is 49.1 Å². The standard InChI is InChI=1S/C13H13N5O2/c1-7-5-12(11(6-14)8(2)15-7)17-10(4)13(18(19)20)9(3)16-17/h5H,1-4H3. The van der Waals surface area contributed by atoms with Crippen molar-refractivity contribution in [2.24, 2.45) is 0 Å². The summed E-state index contributed by atoms with van der Waals surface area (Å²) in [5, 5.41) is 24.5. The van der Waals surface area contributed by atoms with E-state index in [9.17, 15) is 15.4 Å². The third kappa shape index (κ3) is 2.01. The molecular formula is C13H13N5O2. The lowest BCUT2D eigenvalue weighted by Gasteiger charge is -2.09. The molecule has 0 spiro atoms. The van der Waals surface area contributed by atoms with Gasteiger partial charge in [-0.1, -0.05) is 0 Å². The normalized spacial score (nSPS) is 10.3. The van der Waals surface area contributed by atoms with Crippen molar-refractivity contribution in [3.63, 3.8) is 0 Å². The van der Waals surface area contributed by atoms with E-state index in [2.05, 4.69) is 16.2 Å². The molecule has 102 valence electrons. The van der Waals surface area contributed by atoms with Gasteiger partial charge in [0, 0.05) is 5.69 Å². The minimum Gasteiger partial charge on any atom is -0.258 e. The van der Waals surface area contributed by atoms with Crippen molar-refractivity contribution < 1.29 is 4.92 Å². The number of nitro groups is 1. The van der Waals surface area contributed by atoms with Gasteiger partial charge < -0.3 is 0 Å². The summed E-state index contributed by atoms with van der Waals surface area (Å²) in [4.78, 5) is 14.8. The smallest absolute Gasteiger partial charge is 0.258 e. The molecule has 0 aliphatic carbocycles. The van der Waals surface area contributed by atoms with Crippen LogP contribution in [-0.4, -0.2) is 19.7 Å². The van der Waals surface area contributed by atoms with Gasteiger partial charge in [0.15, 0.2) is 0 Å². The van der Waals surface area contributed by atoms with E-state index in [0.29, 0.717) is 28.3 Å². The fourth-order valence-corrected chi connectivity index (χ4v) is 2.25. The second kappa shape index (κ2) is 4.74. The molecule has 0 aliphatic heterocycles.